The zero-order valence-corrected chi connectivity index (χ0v) is 17.2. The Morgan fingerprint density at radius 1 is 1.10 bits per heavy atom. The van der Waals surface area contributed by atoms with Crippen molar-refractivity contribution in [3.8, 4) is 17.2 Å². The number of hydrogen-bond acceptors (Lipinski definition) is 7. The molecule has 3 rings (SSSR count). The summed E-state index contributed by atoms with van der Waals surface area (Å²) in [6.45, 7) is -0.242. The molecule has 9 heteroatoms. The van der Waals surface area contributed by atoms with Gasteiger partial charge in [-0.3, -0.25) is 9.78 Å². The van der Waals surface area contributed by atoms with Crippen LogP contribution in [0.25, 0.3) is 0 Å². The summed E-state index contributed by atoms with van der Waals surface area (Å²) in [4.78, 5) is 27.9. The van der Waals surface area contributed by atoms with Gasteiger partial charge < -0.3 is 14.2 Å². The van der Waals surface area contributed by atoms with Gasteiger partial charge >= 0.3 is 5.97 Å². The number of carbonyl (C=O) groups excluding carboxylic acids is 2. The lowest BCUT2D eigenvalue weighted by molar-refractivity contribution is -0.123. The van der Waals surface area contributed by atoms with Crippen LogP contribution < -0.4 is 19.6 Å². The molecule has 1 aromatic heterocycles. The van der Waals surface area contributed by atoms with E-state index in [1.54, 1.807) is 60.8 Å². The molecule has 2 aromatic carbocycles. The van der Waals surface area contributed by atoms with Gasteiger partial charge in [0.1, 0.15) is 5.75 Å². The van der Waals surface area contributed by atoms with E-state index in [0.29, 0.717) is 27.6 Å². The second kappa shape index (κ2) is 10.7. The van der Waals surface area contributed by atoms with Gasteiger partial charge in [0, 0.05) is 12.4 Å². The number of halogens is 1. The van der Waals surface area contributed by atoms with E-state index in [1.165, 1.54) is 19.5 Å². The molecular formula is C22H18ClN3O5. The minimum Gasteiger partial charge on any atom is -0.493 e. The Labute approximate surface area is 183 Å². The highest BCUT2D eigenvalue weighted by Gasteiger charge is 2.13. The molecule has 1 amide bonds. The van der Waals surface area contributed by atoms with Crippen molar-refractivity contribution in [3.05, 3.63) is 83.1 Å². The Morgan fingerprint density at radius 3 is 2.68 bits per heavy atom. The van der Waals surface area contributed by atoms with Crippen molar-refractivity contribution in [1.29, 1.82) is 0 Å². The number of hydrogen-bond donors (Lipinski definition) is 1. The minimum absolute atomic E-state index is 0.241. The number of amides is 1. The number of benzene rings is 2. The zero-order valence-electron chi connectivity index (χ0n) is 16.4. The third kappa shape index (κ3) is 6.28. The number of esters is 1. The molecule has 0 aliphatic heterocycles. The lowest BCUT2D eigenvalue weighted by Gasteiger charge is -2.10. The van der Waals surface area contributed by atoms with Gasteiger partial charge in [0.25, 0.3) is 5.91 Å². The number of hydrazone groups is 1. The summed E-state index contributed by atoms with van der Waals surface area (Å²) in [5, 5.41) is 4.29. The Morgan fingerprint density at radius 2 is 1.94 bits per heavy atom. The van der Waals surface area contributed by atoms with Crippen LogP contribution in [0.3, 0.4) is 0 Å². The smallest absolute Gasteiger partial charge is 0.345 e. The molecule has 0 spiro atoms. The number of pyridine rings is 1. The lowest BCUT2D eigenvalue weighted by Crippen LogP contribution is -2.24. The quantitative estimate of drug-likeness (QED) is 0.249. The average Bonchev–Trinajstić information content (AvgIpc) is 2.80. The molecular weight excluding hydrogens is 422 g/mol. The molecule has 0 bridgehead atoms. The van der Waals surface area contributed by atoms with E-state index in [2.05, 4.69) is 15.5 Å². The molecule has 0 atom stereocenters. The molecule has 0 unspecified atom stereocenters. The number of rotatable bonds is 8. The standard InChI is InChI=1S/C22H18ClN3O5/c1-29-20-11-15(8-9-19(20)31-22(28)16-5-4-10-24-13-16)12-25-26-21(27)14-30-18-7-3-2-6-17(18)23/h2-13H,14H2,1H3,(H,26,27)/b25-12+. The number of nitrogens with zero attached hydrogens (tertiary/aromatic N) is 2. The van der Waals surface area contributed by atoms with Gasteiger partial charge in [0.2, 0.25) is 0 Å². The molecule has 0 aliphatic rings. The fraction of sp³-hybridized carbons (Fsp3) is 0.0909. The highest BCUT2D eigenvalue weighted by Crippen LogP contribution is 2.28. The van der Waals surface area contributed by atoms with Gasteiger partial charge in [-0.1, -0.05) is 23.7 Å². The minimum atomic E-state index is -0.557. The second-order valence-electron chi connectivity index (χ2n) is 6.05. The normalized spacial score (nSPS) is 10.5. The number of aromatic nitrogens is 1. The van der Waals surface area contributed by atoms with Crippen molar-refractivity contribution in [1.82, 2.24) is 10.4 Å². The maximum atomic E-state index is 12.2. The van der Waals surface area contributed by atoms with E-state index < -0.39 is 11.9 Å². The molecule has 0 radical (unpaired) electrons. The van der Waals surface area contributed by atoms with Crippen LogP contribution in [-0.2, 0) is 4.79 Å². The fourth-order valence-electron chi connectivity index (χ4n) is 2.41. The molecule has 8 nitrogen and oxygen atoms in total. The van der Waals surface area contributed by atoms with Crippen molar-refractivity contribution in [3.63, 3.8) is 0 Å². The maximum Gasteiger partial charge on any atom is 0.345 e. The van der Waals surface area contributed by atoms with Gasteiger partial charge in [-0.15, -0.1) is 0 Å². The summed E-state index contributed by atoms with van der Waals surface area (Å²) < 4.78 is 16.0. The summed E-state index contributed by atoms with van der Waals surface area (Å²) >= 11 is 5.97. The number of carbonyl (C=O) groups is 2. The van der Waals surface area contributed by atoms with Gasteiger partial charge in [-0.05, 0) is 48.0 Å². The lowest BCUT2D eigenvalue weighted by atomic mass is 10.2. The van der Waals surface area contributed by atoms with E-state index >= 15 is 0 Å². The molecule has 0 saturated heterocycles. The van der Waals surface area contributed by atoms with E-state index in [0.717, 1.165) is 0 Å². The highest BCUT2D eigenvalue weighted by molar-refractivity contribution is 6.32. The summed E-state index contributed by atoms with van der Waals surface area (Å²) in [7, 11) is 1.45. The molecule has 1 heterocycles. The van der Waals surface area contributed by atoms with Crippen LogP contribution in [0, 0.1) is 0 Å². The summed E-state index contributed by atoms with van der Waals surface area (Å²) in [5.41, 5.74) is 3.29. The Kier molecular flexibility index (Phi) is 7.56. The SMILES string of the molecule is COc1cc(/C=N/NC(=O)COc2ccccc2Cl)ccc1OC(=O)c1cccnc1. The van der Waals surface area contributed by atoms with Crippen molar-refractivity contribution in [2.75, 3.05) is 13.7 Å². The molecule has 0 saturated carbocycles. The monoisotopic (exact) mass is 439 g/mol. The number of ether oxygens (including phenoxy) is 3. The maximum absolute atomic E-state index is 12.2. The second-order valence-corrected chi connectivity index (χ2v) is 6.46. The van der Waals surface area contributed by atoms with Crippen LogP contribution in [0.4, 0.5) is 0 Å². The molecule has 158 valence electrons. The Balaban J connectivity index is 1.56. The molecule has 1 N–H and O–H groups in total. The van der Waals surface area contributed by atoms with E-state index in [4.69, 9.17) is 25.8 Å². The summed E-state index contributed by atoms with van der Waals surface area (Å²) in [6.07, 6.45) is 4.39. The van der Waals surface area contributed by atoms with Crippen molar-refractivity contribution in [2.45, 2.75) is 0 Å². The van der Waals surface area contributed by atoms with E-state index in [1.807, 2.05) is 0 Å². The molecule has 0 aliphatic carbocycles. The van der Waals surface area contributed by atoms with Crippen LogP contribution >= 0.6 is 11.6 Å². The summed E-state index contributed by atoms with van der Waals surface area (Å²) in [5.74, 6) is -0.0338. The molecule has 0 fully saturated rings. The third-order valence-corrected chi connectivity index (χ3v) is 4.20. The van der Waals surface area contributed by atoms with Gasteiger partial charge in [-0.25, -0.2) is 10.2 Å². The van der Waals surface area contributed by atoms with Crippen LogP contribution in [-0.4, -0.2) is 36.8 Å². The predicted octanol–water partition coefficient (Wildman–Crippen LogP) is 3.49. The van der Waals surface area contributed by atoms with Crippen LogP contribution in [0.15, 0.2) is 72.1 Å². The number of nitrogens with one attached hydrogen (secondary N) is 1. The van der Waals surface area contributed by atoms with Crippen LogP contribution in [0.2, 0.25) is 5.02 Å². The molecule has 3 aromatic rings. The largest absolute Gasteiger partial charge is 0.493 e. The highest BCUT2D eigenvalue weighted by atomic mass is 35.5. The number of para-hydroxylation sites is 1. The first kappa shape index (κ1) is 21.8. The number of methoxy groups -OCH3 is 1. The topological polar surface area (TPSA) is 99.1 Å². The van der Waals surface area contributed by atoms with Crippen molar-refractivity contribution < 1.29 is 23.8 Å². The first-order chi connectivity index (χ1) is 15.1. The molecule has 31 heavy (non-hydrogen) atoms. The van der Waals surface area contributed by atoms with Gasteiger partial charge in [0.05, 0.1) is 23.9 Å². The summed E-state index contributed by atoms with van der Waals surface area (Å²) in [6, 6.07) is 14.9. The van der Waals surface area contributed by atoms with Crippen LogP contribution in [0.5, 0.6) is 17.2 Å². The van der Waals surface area contributed by atoms with Gasteiger partial charge in [0.15, 0.2) is 18.1 Å². The zero-order chi connectivity index (χ0) is 22.1. The van der Waals surface area contributed by atoms with E-state index in [9.17, 15) is 9.59 Å². The Bertz CT molecular complexity index is 1090. The first-order valence-corrected chi connectivity index (χ1v) is 9.44. The third-order valence-electron chi connectivity index (χ3n) is 3.89. The van der Waals surface area contributed by atoms with Crippen molar-refractivity contribution in [2.24, 2.45) is 5.10 Å². The average molecular weight is 440 g/mol. The van der Waals surface area contributed by atoms with Crippen molar-refractivity contribution >= 4 is 29.7 Å². The van der Waals surface area contributed by atoms with Crippen LogP contribution in [0.1, 0.15) is 15.9 Å². The van der Waals surface area contributed by atoms with E-state index in [-0.39, 0.29) is 12.4 Å². The predicted molar refractivity (Wildman–Crippen MR) is 115 cm³/mol. The first-order valence-electron chi connectivity index (χ1n) is 9.06. The Hall–Kier alpha value is -3.91. The fourth-order valence-corrected chi connectivity index (χ4v) is 2.60. The van der Waals surface area contributed by atoms with Gasteiger partial charge in [-0.2, -0.15) is 5.10 Å².